The van der Waals surface area contributed by atoms with E-state index in [9.17, 15) is 0 Å². The zero-order valence-electron chi connectivity index (χ0n) is 15.5. The van der Waals surface area contributed by atoms with Gasteiger partial charge in [-0.15, -0.1) is 24.8 Å². The van der Waals surface area contributed by atoms with Crippen LogP contribution in [0.5, 0.6) is 5.75 Å². The number of hydrogen-bond acceptors (Lipinski definition) is 5. The third-order valence-electron chi connectivity index (χ3n) is 4.03. The Balaban J connectivity index is 0.00000150. The molecule has 150 valence electrons. The lowest BCUT2D eigenvalue weighted by Gasteiger charge is -2.13. The molecule has 0 unspecified atom stereocenters. The molecule has 0 radical (unpaired) electrons. The van der Waals surface area contributed by atoms with E-state index >= 15 is 0 Å². The summed E-state index contributed by atoms with van der Waals surface area (Å²) < 4.78 is 7.65. The van der Waals surface area contributed by atoms with Gasteiger partial charge in [0.1, 0.15) is 24.5 Å². The molecular formula is C21H21Cl2N5O. The van der Waals surface area contributed by atoms with Crippen molar-refractivity contribution in [2.75, 3.05) is 5.32 Å². The number of benzene rings is 2. The first-order valence-electron chi connectivity index (χ1n) is 8.68. The Kier molecular flexibility index (Phi) is 8.45. The zero-order chi connectivity index (χ0) is 18.3. The summed E-state index contributed by atoms with van der Waals surface area (Å²) in [6.45, 7) is 1.05. The fraction of sp³-hybridized carbons (Fsp3) is 0.0952. The summed E-state index contributed by atoms with van der Waals surface area (Å²) in [5.41, 5.74) is 2.06. The van der Waals surface area contributed by atoms with Gasteiger partial charge in [-0.05, 0) is 17.7 Å². The maximum absolute atomic E-state index is 5.88. The third kappa shape index (κ3) is 5.94. The average molecular weight is 430 g/mol. The Morgan fingerprint density at radius 1 is 0.931 bits per heavy atom. The third-order valence-corrected chi connectivity index (χ3v) is 4.03. The van der Waals surface area contributed by atoms with Crippen LogP contribution in [-0.4, -0.2) is 19.5 Å². The van der Waals surface area contributed by atoms with Crippen LogP contribution in [0.25, 0.3) is 5.95 Å². The lowest BCUT2D eigenvalue weighted by Crippen LogP contribution is -2.10. The summed E-state index contributed by atoms with van der Waals surface area (Å²) in [4.78, 5) is 13.2. The number of anilines is 1. The number of para-hydroxylation sites is 1. The van der Waals surface area contributed by atoms with Crippen LogP contribution in [0.2, 0.25) is 0 Å². The molecule has 0 fully saturated rings. The van der Waals surface area contributed by atoms with Gasteiger partial charge >= 0.3 is 0 Å². The molecule has 8 heteroatoms. The van der Waals surface area contributed by atoms with Crippen molar-refractivity contribution in [2.45, 2.75) is 13.2 Å². The molecular weight excluding hydrogens is 409 g/mol. The lowest BCUT2D eigenvalue weighted by molar-refractivity contribution is 0.306. The van der Waals surface area contributed by atoms with E-state index in [0.717, 1.165) is 17.1 Å². The molecule has 2 aromatic heterocycles. The Bertz CT molecular complexity index is 983. The Hall–Kier alpha value is -3.09. The van der Waals surface area contributed by atoms with Gasteiger partial charge in [0.25, 0.3) is 0 Å². The summed E-state index contributed by atoms with van der Waals surface area (Å²) in [7, 11) is 0. The second kappa shape index (κ2) is 11.0. The first-order valence-corrected chi connectivity index (χ1v) is 8.68. The van der Waals surface area contributed by atoms with Gasteiger partial charge in [-0.3, -0.25) is 4.57 Å². The topological polar surface area (TPSA) is 64.9 Å². The second-order valence-corrected chi connectivity index (χ2v) is 5.95. The van der Waals surface area contributed by atoms with Gasteiger partial charge in [0, 0.05) is 25.1 Å². The molecule has 0 aliphatic heterocycles. The van der Waals surface area contributed by atoms with Crippen molar-refractivity contribution in [1.82, 2.24) is 19.5 Å². The van der Waals surface area contributed by atoms with Crippen LogP contribution < -0.4 is 10.1 Å². The predicted octanol–water partition coefficient (Wildman–Crippen LogP) is 4.70. The van der Waals surface area contributed by atoms with Crippen molar-refractivity contribution >= 4 is 30.6 Å². The number of ether oxygens (including phenoxy) is 1. The molecule has 0 aliphatic carbocycles. The van der Waals surface area contributed by atoms with E-state index in [1.165, 1.54) is 5.56 Å². The van der Waals surface area contributed by atoms with Crippen LogP contribution in [0.1, 0.15) is 11.1 Å². The predicted molar refractivity (Wildman–Crippen MR) is 118 cm³/mol. The highest BCUT2D eigenvalue weighted by atomic mass is 35.5. The van der Waals surface area contributed by atoms with E-state index in [2.05, 4.69) is 32.4 Å². The molecule has 0 amide bonds. The first kappa shape index (κ1) is 22.2. The molecule has 0 aliphatic rings. The highest BCUT2D eigenvalue weighted by molar-refractivity contribution is 5.85. The van der Waals surface area contributed by atoms with Crippen LogP contribution in [-0.2, 0) is 13.2 Å². The summed E-state index contributed by atoms with van der Waals surface area (Å²) in [5, 5.41) is 3.40. The highest BCUT2D eigenvalue weighted by Gasteiger charge is 2.10. The molecule has 0 bridgehead atoms. The van der Waals surface area contributed by atoms with Gasteiger partial charge in [-0.1, -0.05) is 48.5 Å². The van der Waals surface area contributed by atoms with Gasteiger partial charge in [0.15, 0.2) is 0 Å². The molecule has 2 heterocycles. The quantitative estimate of drug-likeness (QED) is 0.461. The fourth-order valence-electron chi connectivity index (χ4n) is 2.62. The number of rotatable bonds is 7. The van der Waals surface area contributed by atoms with Gasteiger partial charge in [0.2, 0.25) is 5.95 Å². The minimum atomic E-state index is 0. The summed E-state index contributed by atoms with van der Waals surface area (Å²) in [6.07, 6.45) is 6.98. The molecule has 0 saturated heterocycles. The van der Waals surface area contributed by atoms with Crippen molar-refractivity contribution in [2.24, 2.45) is 0 Å². The van der Waals surface area contributed by atoms with E-state index in [1.807, 2.05) is 54.7 Å². The second-order valence-electron chi connectivity index (χ2n) is 5.95. The van der Waals surface area contributed by atoms with Crippen molar-refractivity contribution in [3.8, 4) is 11.7 Å². The van der Waals surface area contributed by atoms with Crippen molar-refractivity contribution in [3.63, 3.8) is 0 Å². The minimum absolute atomic E-state index is 0. The summed E-state index contributed by atoms with van der Waals surface area (Å²) in [5.74, 6) is 2.12. The molecule has 2 aromatic carbocycles. The van der Waals surface area contributed by atoms with Gasteiger partial charge in [0.05, 0.1) is 5.56 Å². The Morgan fingerprint density at radius 3 is 2.34 bits per heavy atom. The number of nitrogens with zero attached hydrogens (tertiary/aromatic N) is 4. The smallest absolute Gasteiger partial charge is 0.236 e. The maximum atomic E-state index is 5.88. The standard InChI is InChI=1S/C21H19N5O.2ClH/c1-3-7-17(8-4-1)13-23-20-18(15-27-19-9-5-2-6-10-19)14-24-21(25-20)26-12-11-22-16-26;;/h1-12,14,16H,13,15H2,(H,23,24,25);2*1H. The van der Waals surface area contributed by atoms with E-state index in [4.69, 9.17) is 4.74 Å². The average Bonchev–Trinajstić information content (AvgIpc) is 3.27. The zero-order valence-corrected chi connectivity index (χ0v) is 17.1. The van der Waals surface area contributed by atoms with Gasteiger partial charge in [-0.25, -0.2) is 9.97 Å². The molecule has 0 spiro atoms. The van der Waals surface area contributed by atoms with Crippen LogP contribution in [0.15, 0.2) is 85.6 Å². The molecule has 0 atom stereocenters. The largest absolute Gasteiger partial charge is 0.489 e. The minimum Gasteiger partial charge on any atom is -0.489 e. The van der Waals surface area contributed by atoms with Gasteiger partial charge < -0.3 is 10.1 Å². The van der Waals surface area contributed by atoms with Crippen LogP contribution in [0, 0.1) is 0 Å². The Labute approximate surface area is 181 Å². The first-order chi connectivity index (χ1) is 13.4. The number of imidazole rings is 1. The molecule has 0 saturated carbocycles. The van der Waals surface area contributed by atoms with E-state index in [1.54, 1.807) is 23.3 Å². The van der Waals surface area contributed by atoms with E-state index in [0.29, 0.717) is 19.1 Å². The number of hydrogen-bond donors (Lipinski definition) is 1. The fourth-order valence-corrected chi connectivity index (χ4v) is 2.62. The number of aromatic nitrogens is 4. The van der Waals surface area contributed by atoms with Crippen molar-refractivity contribution in [1.29, 1.82) is 0 Å². The van der Waals surface area contributed by atoms with Crippen LogP contribution in [0.3, 0.4) is 0 Å². The monoisotopic (exact) mass is 429 g/mol. The Morgan fingerprint density at radius 2 is 1.66 bits per heavy atom. The lowest BCUT2D eigenvalue weighted by atomic mass is 10.2. The van der Waals surface area contributed by atoms with E-state index in [-0.39, 0.29) is 24.8 Å². The molecule has 1 N–H and O–H groups in total. The molecule has 4 aromatic rings. The molecule has 4 rings (SSSR count). The van der Waals surface area contributed by atoms with E-state index < -0.39 is 0 Å². The maximum Gasteiger partial charge on any atom is 0.236 e. The van der Waals surface area contributed by atoms with Gasteiger partial charge in [-0.2, -0.15) is 4.98 Å². The van der Waals surface area contributed by atoms with Crippen LogP contribution >= 0.6 is 24.8 Å². The van der Waals surface area contributed by atoms with Crippen LogP contribution in [0.4, 0.5) is 5.82 Å². The van der Waals surface area contributed by atoms with Crippen molar-refractivity contribution in [3.05, 3.63) is 96.7 Å². The SMILES string of the molecule is Cl.Cl.c1ccc(CNc2nc(-n3ccnc3)ncc2COc2ccccc2)cc1. The molecule has 6 nitrogen and oxygen atoms in total. The highest BCUT2D eigenvalue weighted by Crippen LogP contribution is 2.18. The number of halogens is 2. The molecule has 29 heavy (non-hydrogen) atoms. The normalized spacial score (nSPS) is 9.79. The summed E-state index contributed by atoms with van der Waals surface area (Å²) >= 11 is 0. The van der Waals surface area contributed by atoms with Crippen molar-refractivity contribution < 1.29 is 4.74 Å². The summed E-state index contributed by atoms with van der Waals surface area (Å²) in [6, 6.07) is 19.9. The number of nitrogens with one attached hydrogen (secondary N) is 1.